The summed E-state index contributed by atoms with van der Waals surface area (Å²) in [6, 6.07) is 15.0. The van der Waals surface area contributed by atoms with Gasteiger partial charge in [0.15, 0.2) is 0 Å². The van der Waals surface area contributed by atoms with Crippen LogP contribution < -0.4 is 4.74 Å². The molecule has 0 spiro atoms. The minimum Gasteiger partial charge on any atom is -0.490 e. The lowest BCUT2D eigenvalue weighted by molar-refractivity contribution is -0.123. The standard InChI is InChI=1S/C21H17ClN2O3S/c1-23-13-14(15-6-2-4-8-17(15)23)12-19-20(25)24(21(26)28-19)10-11-27-18-9-5-3-7-16(18)22/h2-9,12-13H,10-11H2,1H3/b19-12-. The van der Waals surface area contributed by atoms with Gasteiger partial charge in [-0.25, -0.2) is 0 Å². The summed E-state index contributed by atoms with van der Waals surface area (Å²) in [7, 11) is 1.96. The number of rotatable bonds is 5. The smallest absolute Gasteiger partial charge is 0.293 e. The number of carbonyl (C=O) groups is 2. The van der Waals surface area contributed by atoms with E-state index in [0.29, 0.717) is 15.7 Å². The quantitative estimate of drug-likeness (QED) is 0.556. The number of halogens is 1. The molecule has 1 aliphatic rings. The Balaban J connectivity index is 1.49. The molecule has 0 radical (unpaired) electrons. The summed E-state index contributed by atoms with van der Waals surface area (Å²) in [5, 5.41) is 1.24. The number of aryl methyl sites for hydroxylation is 1. The lowest BCUT2D eigenvalue weighted by Crippen LogP contribution is -2.32. The van der Waals surface area contributed by atoms with Crippen LogP contribution in [0.25, 0.3) is 17.0 Å². The second-order valence-corrected chi connectivity index (χ2v) is 7.73. The fourth-order valence-electron chi connectivity index (χ4n) is 3.13. The molecule has 0 saturated carbocycles. The number of hydrogen-bond acceptors (Lipinski definition) is 4. The molecule has 2 aromatic carbocycles. The van der Waals surface area contributed by atoms with Crippen LogP contribution in [0.2, 0.25) is 5.02 Å². The number of benzene rings is 2. The van der Waals surface area contributed by atoms with Crippen LogP contribution in [0.5, 0.6) is 5.75 Å². The summed E-state index contributed by atoms with van der Waals surface area (Å²) in [5.74, 6) is 0.230. The van der Waals surface area contributed by atoms with Crippen LogP contribution in [0.3, 0.4) is 0 Å². The molecular formula is C21H17ClN2O3S. The van der Waals surface area contributed by atoms with Gasteiger partial charge in [0.05, 0.1) is 16.5 Å². The summed E-state index contributed by atoms with van der Waals surface area (Å²) in [6.45, 7) is 0.353. The molecule has 5 nitrogen and oxygen atoms in total. The third kappa shape index (κ3) is 3.53. The minimum absolute atomic E-state index is 0.169. The van der Waals surface area contributed by atoms with Crippen LogP contribution in [-0.2, 0) is 11.8 Å². The van der Waals surface area contributed by atoms with Gasteiger partial charge in [-0.15, -0.1) is 0 Å². The number of fused-ring (bicyclic) bond motifs is 1. The number of amides is 2. The summed E-state index contributed by atoms with van der Waals surface area (Å²) in [4.78, 5) is 26.6. The Kier molecular flexibility index (Phi) is 5.15. The third-order valence-corrected chi connectivity index (χ3v) is 5.72. The van der Waals surface area contributed by atoms with Crippen LogP contribution in [0.15, 0.2) is 59.6 Å². The van der Waals surface area contributed by atoms with E-state index in [1.807, 2.05) is 54.2 Å². The van der Waals surface area contributed by atoms with Crippen molar-refractivity contribution >= 4 is 51.5 Å². The summed E-state index contributed by atoms with van der Waals surface area (Å²) in [6.07, 6.45) is 3.74. The Hall–Kier alpha value is -2.70. The Morgan fingerprint density at radius 2 is 1.86 bits per heavy atom. The second kappa shape index (κ2) is 7.73. The van der Waals surface area contributed by atoms with Crippen molar-refractivity contribution in [3.05, 3.63) is 70.2 Å². The van der Waals surface area contributed by atoms with Gasteiger partial charge in [0, 0.05) is 29.7 Å². The van der Waals surface area contributed by atoms with Gasteiger partial charge < -0.3 is 9.30 Å². The van der Waals surface area contributed by atoms with Crippen LogP contribution >= 0.6 is 23.4 Å². The van der Waals surface area contributed by atoms with Crippen molar-refractivity contribution < 1.29 is 14.3 Å². The number of para-hydroxylation sites is 2. The van der Waals surface area contributed by atoms with Gasteiger partial charge in [0.1, 0.15) is 12.4 Å². The lowest BCUT2D eigenvalue weighted by Gasteiger charge is -2.13. The normalized spacial score (nSPS) is 15.8. The fraction of sp³-hybridized carbons (Fsp3) is 0.143. The second-order valence-electron chi connectivity index (χ2n) is 6.32. The number of carbonyl (C=O) groups excluding carboxylic acids is 2. The molecule has 28 heavy (non-hydrogen) atoms. The molecule has 0 bridgehead atoms. The number of hydrogen-bond donors (Lipinski definition) is 0. The van der Waals surface area contributed by atoms with Crippen LogP contribution in [0.4, 0.5) is 4.79 Å². The van der Waals surface area contributed by atoms with Crippen LogP contribution in [0, 0.1) is 0 Å². The highest BCUT2D eigenvalue weighted by atomic mass is 35.5. The van der Waals surface area contributed by atoms with E-state index in [1.54, 1.807) is 18.2 Å². The molecule has 2 heterocycles. The van der Waals surface area contributed by atoms with E-state index in [1.165, 1.54) is 4.90 Å². The van der Waals surface area contributed by atoms with Gasteiger partial charge in [-0.2, -0.15) is 0 Å². The molecule has 1 aromatic heterocycles. The van der Waals surface area contributed by atoms with Gasteiger partial charge in [0.2, 0.25) is 0 Å². The van der Waals surface area contributed by atoms with Gasteiger partial charge in [-0.05, 0) is 36.0 Å². The molecule has 142 valence electrons. The van der Waals surface area contributed by atoms with E-state index in [0.717, 1.165) is 28.2 Å². The summed E-state index contributed by atoms with van der Waals surface area (Å²) in [5.41, 5.74) is 1.98. The lowest BCUT2D eigenvalue weighted by atomic mass is 10.1. The highest BCUT2D eigenvalue weighted by Crippen LogP contribution is 2.34. The van der Waals surface area contributed by atoms with Crippen LogP contribution in [-0.4, -0.2) is 33.8 Å². The zero-order valence-electron chi connectivity index (χ0n) is 15.1. The zero-order chi connectivity index (χ0) is 19.7. The van der Waals surface area contributed by atoms with Crippen molar-refractivity contribution in [1.82, 2.24) is 9.47 Å². The van der Waals surface area contributed by atoms with Crippen molar-refractivity contribution in [3.8, 4) is 5.75 Å². The summed E-state index contributed by atoms with van der Waals surface area (Å²) >= 11 is 7.00. The Morgan fingerprint density at radius 1 is 1.11 bits per heavy atom. The Morgan fingerprint density at radius 3 is 2.68 bits per heavy atom. The van der Waals surface area contributed by atoms with E-state index >= 15 is 0 Å². The first-order chi connectivity index (χ1) is 13.5. The topological polar surface area (TPSA) is 51.5 Å². The predicted octanol–water partition coefficient (Wildman–Crippen LogP) is 4.95. The van der Waals surface area contributed by atoms with Crippen molar-refractivity contribution in [2.45, 2.75) is 0 Å². The first kappa shape index (κ1) is 18.7. The monoisotopic (exact) mass is 412 g/mol. The SMILES string of the molecule is Cn1cc(/C=C2\SC(=O)N(CCOc3ccccc3Cl)C2=O)c2ccccc21. The van der Waals surface area contributed by atoms with E-state index in [2.05, 4.69) is 0 Å². The van der Waals surface area contributed by atoms with E-state index < -0.39 is 0 Å². The highest BCUT2D eigenvalue weighted by Gasteiger charge is 2.35. The molecule has 0 N–H and O–H groups in total. The van der Waals surface area contributed by atoms with Crippen molar-refractivity contribution in [3.63, 3.8) is 0 Å². The molecule has 7 heteroatoms. The molecule has 1 saturated heterocycles. The van der Waals surface area contributed by atoms with E-state index in [-0.39, 0.29) is 24.3 Å². The van der Waals surface area contributed by atoms with Crippen molar-refractivity contribution in [2.24, 2.45) is 7.05 Å². The maximum Gasteiger partial charge on any atom is 0.293 e. The van der Waals surface area contributed by atoms with Crippen molar-refractivity contribution in [2.75, 3.05) is 13.2 Å². The van der Waals surface area contributed by atoms with Gasteiger partial charge in [-0.3, -0.25) is 14.5 Å². The number of imide groups is 1. The molecule has 2 amide bonds. The number of nitrogens with zero attached hydrogens (tertiary/aromatic N) is 2. The molecule has 0 atom stereocenters. The number of thioether (sulfide) groups is 1. The van der Waals surface area contributed by atoms with Gasteiger partial charge >= 0.3 is 0 Å². The molecule has 3 aromatic rings. The molecule has 1 fully saturated rings. The molecular weight excluding hydrogens is 396 g/mol. The predicted molar refractivity (Wildman–Crippen MR) is 113 cm³/mol. The Labute approximate surface area is 171 Å². The maximum absolute atomic E-state index is 12.7. The molecule has 0 aliphatic carbocycles. The third-order valence-electron chi connectivity index (χ3n) is 4.50. The number of ether oxygens (including phenoxy) is 1. The molecule has 1 aliphatic heterocycles. The summed E-state index contributed by atoms with van der Waals surface area (Å²) < 4.78 is 7.60. The zero-order valence-corrected chi connectivity index (χ0v) is 16.7. The van der Waals surface area contributed by atoms with E-state index in [9.17, 15) is 9.59 Å². The highest BCUT2D eigenvalue weighted by molar-refractivity contribution is 8.18. The molecule has 0 unspecified atom stereocenters. The van der Waals surface area contributed by atoms with E-state index in [4.69, 9.17) is 16.3 Å². The van der Waals surface area contributed by atoms with Crippen molar-refractivity contribution in [1.29, 1.82) is 0 Å². The fourth-order valence-corrected chi connectivity index (χ4v) is 4.18. The van der Waals surface area contributed by atoms with Gasteiger partial charge in [0.25, 0.3) is 11.1 Å². The average molecular weight is 413 g/mol. The molecule has 4 rings (SSSR count). The van der Waals surface area contributed by atoms with Gasteiger partial charge in [-0.1, -0.05) is 41.9 Å². The largest absolute Gasteiger partial charge is 0.490 e. The minimum atomic E-state index is -0.300. The number of aromatic nitrogens is 1. The average Bonchev–Trinajstić information content (AvgIpc) is 3.14. The Bertz CT molecular complexity index is 1110. The first-order valence-electron chi connectivity index (χ1n) is 8.71. The maximum atomic E-state index is 12.7. The van der Waals surface area contributed by atoms with Crippen LogP contribution in [0.1, 0.15) is 5.56 Å². The first-order valence-corrected chi connectivity index (χ1v) is 9.91.